The molecule has 32 heavy (non-hydrogen) atoms. The smallest absolute Gasteiger partial charge is 0.0936 e. The van der Waals surface area contributed by atoms with Crippen LogP contribution in [0, 0.1) is 5.41 Å². The van der Waals surface area contributed by atoms with E-state index in [2.05, 4.69) is 58.6 Å². The highest BCUT2D eigenvalue weighted by molar-refractivity contribution is 5.99. The van der Waals surface area contributed by atoms with Crippen LogP contribution in [0.25, 0.3) is 10.8 Å². The molecule has 0 radical (unpaired) electrons. The summed E-state index contributed by atoms with van der Waals surface area (Å²) in [6.45, 7) is 4.69. The van der Waals surface area contributed by atoms with Crippen molar-refractivity contribution in [1.29, 1.82) is 0 Å². The number of hydrogen-bond acceptors (Lipinski definition) is 4. The number of hydrogen-bond donors (Lipinski definition) is 0. The first-order valence-corrected chi connectivity index (χ1v) is 11.1. The Balaban J connectivity index is 1.44. The van der Waals surface area contributed by atoms with E-state index in [1.54, 1.807) is 0 Å². The largest absolute Gasteiger partial charge is 0.151 e. The lowest BCUT2D eigenvalue weighted by Crippen LogP contribution is -2.21. The van der Waals surface area contributed by atoms with Crippen molar-refractivity contribution in [2.24, 2.45) is 25.9 Å². The molecule has 0 fully saturated rings. The van der Waals surface area contributed by atoms with Crippen molar-refractivity contribution in [3.63, 3.8) is 0 Å². The fourth-order valence-electron chi connectivity index (χ4n) is 4.32. The fraction of sp³-hybridized carbons (Fsp3) is 0.214. The number of azo groups is 2. The van der Waals surface area contributed by atoms with Gasteiger partial charge in [-0.05, 0) is 72.2 Å². The summed E-state index contributed by atoms with van der Waals surface area (Å²) in [6, 6.07) is 28.3. The van der Waals surface area contributed by atoms with Gasteiger partial charge in [0, 0.05) is 10.8 Å². The standard InChI is InChI=1S/C28H26N4/c1-28(2)17-16-20-18-23(13-12-21(20)19-28)30-32-27-15-14-26(24-10-6-7-11-25(24)27)31-29-22-8-4-3-5-9-22/h3-15,18H,16-17,19H2,1-2H3. The molecule has 1 aliphatic carbocycles. The molecule has 0 aromatic heterocycles. The van der Waals surface area contributed by atoms with Crippen molar-refractivity contribution in [2.75, 3.05) is 0 Å². The van der Waals surface area contributed by atoms with Crippen molar-refractivity contribution < 1.29 is 0 Å². The molecule has 0 heterocycles. The average Bonchev–Trinajstić information content (AvgIpc) is 2.82. The maximum absolute atomic E-state index is 4.59. The van der Waals surface area contributed by atoms with E-state index < -0.39 is 0 Å². The third kappa shape index (κ3) is 4.35. The molecule has 0 saturated heterocycles. The third-order valence-corrected chi connectivity index (χ3v) is 6.11. The van der Waals surface area contributed by atoms with E-state index in [1.807, 2.05) is 60.7 Å². The molecule has 5 rings (SSSR count). The Morgan fingerprint density at radius 1 is 0.594 bits per heavy atom. The van der Waals surface area contributed by atoms with Gasteiger partial charge in [0.2, 0.25) is 0 Å². The second kappa shape index (κ2) is 8.46. The van der Waals surface area contributed by atoms with Crippen LogP contribution in [0.15, 0.2) is 105 Å². The molecular formula is C28H26N4. The second-order valence-corrected chi connectivity index (χ2v) is 9.18. The molecule has 0 N–H and O–H groups in total. The van der Waals surface area contributed by atoms with Crippen molar-refractivity contribution in [2.45, 2.75) is 33.1 Å². The minimum atomic E-state index is 0.383. The highest BCUT2D eigenvalue weighted by Gasteiger charge is 2.25. The van der Waals surface area contributed by atoms with Crippen molar-refractivity contribution >= 4 is 33.5 Å². The Morgan fingerprint density at radius 2 is 1.22 bits per heavy atom. The number of aryl methyl sites for hydroxylation is 1. The minimum absolute atomic E-state index is 0.383. The Bertz CT molecular complexity index is 1320. The Hall–Kier alpha value is -3.66. The van der Waals surface area contributed by atoms with Crippen molar-refractivity contribution in [3.8, 4) is 0 Å². The van der Waals surface area contributed by atoms with Crippen LogP contribution < -0.4 is 0 Å². The van der Waals surface area contributed by atoms with Crippen LogP contribution in [-0.2, 0) is 12.8 Å². The molecule has 4 aromatic carbocycles. The maximum atomic E-state index is 4.59. The van der Waals surface area contributed by atoms with Gasteiger partial charge in [0.25, 0.3) is 0 Å². The molecule has 0 amide bonds. The maximum Gasteiger partial charge on any atom is 0.0936 e. The van der Waals surface area contributed by atoms with Crippen LogP contribution >= 0.6 is 0 Å². The molecule has 0 spiro atoms. The molecule has 158 valence electrons. The van der Waals surface area contributed by atoms with E-state index in [0.29, 0.717) is 5.41 Å². The van der Waals surface area contributed by atoms with Gasteiger partial charge in [-0.25, -0.2) is 0 Å². The van der Waals surface area contributed by atoms with Gasteiger partial charge in [-0.3, -0.25) is 0 Å². The zero-order valence-electron chi connectivity index (χ0n) is 18.5. The van der Waals surface area contributed by atoms with E-state index in [4.69, 9.17) is 0 Å². The minimum Gasteiger partial charge on any atom is -0.151 e. The van der Waals surface area contributed by atoms with Gasteiger partial charge >= 0.3 is 0 Å². The highest BCUT2D eigenvalue weighted by Crippen LogP contribution is 2.37. The summed E-state index contributed by atoms with van der Waals surface area (Å²) in [6.07, 6.45) is 3.45. The zero-order chi connectivity index (χ0) is 22.0. The van der Waals surface area contributed by atoms with E-state index in [9.17, 15) is 0 Å². The average molecular weight is 419 g/mol. The summed E-state index contributed by atoms with van der Waals surface area (Å²) in [5, 5.41) is 20.0. The summed E-state index contributed by atoms with van der Waals surface area (Å²) in [5.74, 6) is 0. The van der Waals surface area contributed by atoms with Crippen molar-refractivity contribution in [1.82, 2.24) is 0 Å². The quantitative estimate of drug-likeness (QED) is 0.297. The van der Waals surface area contributed by atoms with E-state index in [1.165, 1.54) is 17.5 Å². The van der Waals surface area contributed by atoms with Crippen LogP contribution in [0.5, 0.6) is 0 Å². The SMILES string of the molecule is CC1(C)CCc2cc(N=Nc3ccc(N=Nc4ccccc4)c4ccccc34)ccc2C1. The molecule has 0 saturated carbocycles. The molecule has 0 bridgehead atoms. The summed E-state index contributed by atoms with van der Waals surface area (Å²) in [5.41, 5.74) is 6.62. The zero-order valence-corrected chi connectivity index (χ0v) is 18.5. The molecule has 4 aromatic rings. The number of nitrogens with zero attached hydrogens (tertiary/aromatic N) is 4. The number of rotatable bonds is 4. The molecule has 4 heteroatoms. The van der Waals surface area contributed by atoms with Gasteiger partial charge in [-0.2, -0.15) is 10.2 Å². The summed E-state index contributed by atoms with van der Waals surface area (Å²) >= 11 is 0. The summed E-state index contributed by atoms with van der Waals surface area (Å²) in [7, 11) is 0. The third-order valence-electron chi connectivity index (χ3n) is 6.11. The van der Waals surface area contributed by atoms with Crippen LogP contribution in [0.4, 0.5) is 22.7 Å². The number of benzene rings is 4. The van der Waals surface area contributed by atoms with Gasteiger partial charge in [-0.15, -0.1) is 10.2 Å². The lowest BCUT2D eigenvalue weighted by molar-refractivity contribution is 0.315. The van der Waals surface area contributed by atoms with Crippen LogP contribution in [0.1, 0.15) is 31.4 Å². The molecule has 1 aliphatic rings. The Morgan fingerprint density at radius 3 is 1.91 bits per heavy atom. The fourth-order valence-corrected chi connectivity index (χ4v) is 4.32. The monoisotopic (exact) mass is 418 g/mol. The topological polar surface area (TPSA) is 49.4 Å². The molecular weight excluding hydrogens is 392 g/mol. The predicted molar refractivity (Wildman–Crippen MR) is 131 cm³/mol. The first-order valence-electron chi connectivity index (χ1n) is 11.1. The Labute approximate surface area is 188 Å². The first kappa shape index (κ1) is 20.3. The molecule has 0 atom stereocenters. The molecule has 0 unspecified atom stereocenters. The van der Waals surface area contributed by atoms with E-state index in [-0.39, 0.29) is 0 Å². The lowest BCUT2D eigenvalue weighted by atomic mass is 9.74. The van der Waals surface area contributed by atoms with Gasteiger partial charge in [0.1, 0.15) is 0 Å². The van der Waals surface area contributed by atoms with Crippen molar-refractivity contribution in [3.05, 3.63) is 96.1 Å². The van der Waals surface area contributed by atoms with Gasteiger partial charge in [0.05, 0.1) is 22.7 Å². The summed E-state index contributed by atoms with van der Waals surface area (Å²) in [4.78, 5) is 0. The van der Waals surface area contributed by atoms with Crippen LogP contribution in [-0.4, -0.2) is 0 Å². The lowest BCUT2D eigenvalue weighted by Gasteiger charge is -2.31. The Kier molecular flexibility index (Phi) is 5.36. The number of fused-ring (bicyclic) bond motifs is 2. The van der Waals surface area contributed by atoms with E-state index in [0.717, 1.165) is 46.4 Å². The van der Waals surface area contributed by atoms with E-state index >= 15 is 0 Å². The normalized spacial score (nSPS) is 15.4. The molecule has 0 aliphatic heterocycles. The van der Waals surface area contributed by atoms with Gasteiger partial charge < -0.3 is 0 Å². The van der Waals surface area contributed by atoms with Crippen LogP contribution in [0.2, 0.25) is 0 Å². The first-order chi connectivity index (χ1) is 15.6. The van der Waals surface area contributed by atoms with Crippen LogP contribution in [0.3, 0.4) is 0 Å². The summed E-state index contributed by atoms with van der Waals surface area (Å²) < 4.78 is 0. The molecule has 4 nitrogen and oxygen atoms in total. The van der Waals surface area contributed by atoms with Gasteiger partial charge in [0.15, 0.2) is 0 Å². The second-order valence-electron chi connectivity index (χ2n) is 9.18. The predicted octanol–water partition coefficient (Wildman–Crippen LogP) is 9.19. The highest BCUT2D eigenvalue weighted by atomic mass is 15.1. The van der Waals surface area contributed by atoms with Gasteiger partial charge in [-0.1, -0.05) is 62.4 Å².